The van der Waals surface area contributed by atoms with Gasteiger partial charge in [0, 0.05) is 22.6 Å². The van der Waals surface area contributed by atoms with E-state index in [0.29, 0.717) is 15.6 Å². The summed E-state index contributed by atoms with van der Waals surface area (Å²) in [5, 5.41) is 3.88. The smallest absolute Gasteiger partial charge is 0.244 e. The number of carbonyl (C=O) groups is 2. The molecule has 0 bridgehead atoms. The number of carbonyl (C=O) groups excluding carboxylic acids is 2. The summed E-state index contributed by atoms with van der Waals surface area (Å²) in [5.74, 6) is -0.941. The van der Waals surface area contributed by atoms with Crippen molar-refractivity contribution in [2.24, 2.45) is 0 Å². The summed E-state index contributed by atoms with van der Waals surface area (Å²) in [5.41, 5.74) is 0.620. The van der Waals surface area contributed by atoms with Crippen molar-refractivity contribution in [2.45, 2.75) is 51.2 Å². The van der Waals surface area contributed by atoms with E-state index >= 15 is 0 Å². The monoisotopic (exact) mass is 593 g/mol. The number of nitrogens with zero attached hydrogens (tertiary/aromatic N) is 2. The second-order valence-electron chi connectivity index (χ2n) is 8.77. The summed E-state index contributed by atoms with van der Waals surface area (Å²) in [6.07, 6.45) is 4.79. The fourth-order valence-electron chi connectivity index (χ4n) is 4.09. The minimum absolute atomic E-state index is 0.00304. The van der Waals surface area contributed by atoms with Crippen LogP contribution in [0.4, 0.5) is 5.69 Å². The minimum Gasteiger partial charge on any atom is -0.352 e. The van der Waals surface area contributed by atoms with Gasteiger partial charge < -0.3 is 10.2 Å². The average molecular weight is 595 g/mol. The second kappa shape index (κ2) is 12.2. The Morgan fingerprint density at radius 3 is 2.33 bits per heavy atom. The van der Waals surface area contributed by atoms with Crippen molar-refractivity contribution < 1.29 is 18.0 Å². The Kier molecular flexibility index (Phi) is 9.80. The third-order valence-electron chi connectivity index (χ3n) is 6.10. The van der Waals surface area contributed by atoms with Gasteiger partial charge in [-0.15, -0.1) is 0 Å². The van der Waals surface area contributed by atoms with Crippen LogP contribution in [0.2, 0.25) is 20.1 Å². The van der Waals surface area contributed by atoms with Gasteiger partial charge in [0.1, 0.15) is 12.6 Å². The maximum atomic E-state index is 13.6. The number of hydrogen-bond donors (Lipinski definition) is 1. The van der Waals surface area contributed by atoms with E-state index in [9.17, 15) is 18.0 Å². The van der Waals surface area contributed by atoms with Crippen LogP contribution >= 0.6 is 46.4 Å². The van der Waals surface area contributed by atoms with Gasteiger partial charge in [0.15, 0.2) is 0 Å². The highest BCUT2D eigenvalue weighted by Crippen LogP contribution is 2.34. The van der Waals surface area contributed by atoms with Crippen molar-refractivity contribution >= 4 is 73.9 Å². The molecule has 7 nitrogen and oxygen atoms in total. The third-order valence-corrected chi connectivity index (χ3v) is 8.63. The van der Waals surface area contributed by atoms with Crippen LogP contribution in [0.1, 0.15) is 38.2 Å². The Hall–Kier alpha value is -1.71. The van der Waals surface area contributed by atoms with Crippen molar-refractivity contribution in [1.82, 2.24) is 10.2 Å². The van der Waals surface area contributed by atoms with E-state index in [1.165, 1.54) is 23.1 Å². The Balaban J connectivity index is 1.94. The van der Waals surface area contributed by atoms with Crippen LogP contribution in [-0.4, -0.2) is 50.0 Å². The molecular formula is C24H27Cl4N3O4S. The van der Waals surface area contributed by atoms with Gasteiger partial charge in [0.2, 0.25) is 21.8 Å². The molecule has 0 saturated heterocycles. The highest BCUT2D eigenvalue weighted by molar-refractivity contribution is 7.92. The number of nitrogens with one attached hydrogen (secondary N) is 1. The van der Waals surface area contributed by atoms with Gasteiger partial charge in [0.25, 0.3) is 0 Å². The van der Waals surface area contributed by atoms with E-state index in [2.05, 4.69) is 5.32 Å². The summed E-state index contributed by atoms with van der Waals surface area (Å²) in [7, 11) is -3.94. The van der Waals surface area contributed by atoms with Crippen molar-refractivity contribution in [2.75, 3.05) is 17.1 Å². The molecule has 0 radical (unpaired) electrons. The number of rotatable bonds is 9. The molecule has 2 aromatic carbocycles. The quantitative estimate of drug-likeness (QED) is 0.413. The zero-order valence-electron chi connectivity index (χ0n) is 19.8. The first-order valence-corrected chi connectivity index (χ1v) is 14.7. The van der Waals surface area contributed by atoms with Crippen molar-refractivity contribution in [3.05, 3.63) is 62.1 Å². The predicted molar refractivity (Wildman–Crippen MR) is 146 cm³/mol. The first kappa shape index (κ1) is 28.9. The highest BCUT2D eigenvalue weighted by atomic mass is 35.5. The summed E-state index contributed by atoms with van der Waals surface area (Å²) >= 11 is 24.7. The van der Waals surface area contributed by atoms with Crippen LogP contribution in [0.15, 0.2) is 36.4 Å². The van der Waals surface area contributed by atoms with Gasteiger partial charge in [-0.2, -0.15) is 0 Å². The van der Waals surface area contributed by atoms with Crippen molar-refractivity contribution in [3.63, 3.8) is 0 Å². The van der Waals surface area contributed by atoms with Crippen LogP contribution in [-0.2, 0) is 26.2 Å². The van der Waals surface area contributed by atoms with E-state index in [-0.39, 0.29) is 34.2 Å². The number of anilines is 1. The van der Waals surface area contributed by atoms with Gasteiger partial charge in [-0.3, -0.25) is 13.9 Å². The number of benzene rings is 2. The highest BCUT2D eigenvalue weighted by Gasteiger charge is 2.32. The summed E-state index contributed by atoms with van der Waals surface area (Å²) in [6, 6.07) is 8.49. The topological polar surface area (TPSA) is 86.8 Å². The molecule has 3 rings (SSSR count). The molecule has 1 fully saturated rings. The molecule has 0 aromatic heterocycles. The SMILES string of the molecule is C[C@@H](C(=O)NC1CCCC1)N(Cc1ccc(Cl)cc1Cl)C(=O)CN(c1cccc(Cl)c1Cl)S(C)(=O)=O. The van der Waals surface area contributed by atoms with E-state index in [1.807, 2.05) is 0 Å². The average Bonchev–Trinajstić information content (AvgIpc) is 3.31. The number of hydrogen-bond acceptors (Lipinski definition) is 4. The van der Waals surface area contributed by atoms with E-state index < -0.39 is 28.5 Å². The molecule has 0 heterocycles. The standard InChI is InChI=1S/C24H27Cl4N3O4S/c1-15(24(33)29-18-6-3-4-7-18)30(13-16-10-11-17(25)12-20(16)27)22(32)14-31(36(2,34)35)21-9-5-8-19(26)23(21)28/h5,8-12,15,18H,3-4,6-7,13-14H2,1-2H3,(H,29,33)/t15-/m0/s1. The summed E-state index contributed by atoms with van der Waals surface area (Å²) in [4.78, 5) is 28.0. The van der Waals surface area contributed by atoms with E-state index in [4.69, 9.17) is 46.4 Å². The first-order chi connectivity index (χ1) is 16.9. The number of halogens is 4. The molecule has 0 unspecified atom stereocenters. The van der Waals surface area contributed by atoms with Crippen LogP contribution in [0.3, 0.4) is 0 Å². The molecule has 1 N–H and O–H groups in total. The molecule has 1 aliphatic rings. The molecule has 0 spiro atoms. The van der Waals surface area contributed by atoms with E-state index in [0.717, 1.165) is 36.2 Å². The lowest BCUT2D eigenvalue weighted by atomic mass is 10.1. The molecule has 1 atom stereocenters. The number of sulfonamides is 1. The Morgan fingerprint density at radius 1 is 1.06 bits per heavy atom. The normalized spacial score (nSPS) is 14.9. The van der Waals surface area contributed by atoms with Gasteiger partial charge in [0.05, 0.1) is 22.0 Å². The van der Waals surface area contributed by atoms with Crippen molar-refractivity contribution in [3.8, 4) is 0 Å². The van der Waals surface area contributed by atoms with Crippen molar-refractivity contribution in [1.29, 1.82) is 0 Å². The fourth-order valence-corrected chi connectivity index (χ4v) is 5.86. The second-order valence-corrected chi connectivity index (χ2v) is 12.3. The Labute approximate surface area is 231 Å². The van der Waals surface area contributed by atoms with Gasteiger partial charge in [-0.05, 0) is 49.6 Å². The molecule has 36 heavy (non-hydrogen) atoms. The predicted octanol–water partition coefficient (Wildman–Crippen LogP) is 5.54. The van der Waals surface area contributed by atoms with Crippen LogP contribution in [0.5, 0.6) is 0 Å². The lowest BCUT2D eigenvalue weighted by Crippen LogP contribution is -2.52. The van der Waals surface area contributed by atoms with Crippen LogP contribution in [0, 0.1) is 0 Å². The van der Waals surface area contributed by atoms with Crippen LogP contribution < -0.4 is 9.62 Å². The van der Waals surface area contributed by atoms with Gasteiger partial charge >= 0.3 is 0 Å². The summed E-state index contributed by atoms with van der Waals surface area (Å²) < 4.78 is 26.2. The molecule has 196 valence electrons. The zero-order chi connectivity index (χ0) is 26.6. The van der Waals surface area contributed by atoms with Gasteiger partial charge in [-0.25, -0.2) is 8.42 Å². The molecule has 1 saturated carbocycles. The third kappa shape index (κ3) is 7.19. The van der Waals surface area contributed by atoms with Crippen LogP contribution in [0.25, 0.3) is 0 Å². The zero-order valence-corrected chi connectivity index (χ0v) is 23.6. The fraction of sp³-hybridized carbons (Fsp3) is 0.417. The lowest BCUT2D eigenvalue weighted by Gasteiger charge is -2.32. The molecule has 2 aromatic rings. The number of amides is 2. The maximum Gasteiger partial charge on any atom is 0.244 e. The van der Waals surface area contributed by atoms with Gasteiger partial charge in [-0.1, -0.05) is 71.4 Å². The molecule has 2 amide bonds. The molecular weight excluding hydrogens is 568 g/mol. The summed E-state index contributed by atoms with van der Waals surface area (Å²) in [6.45, 7) is 0.975. The molecule has 0 aliphatic heterocycles. The Bertz CT molecular complexity index is 1240. The largest absolute Gasteiger partial charge is 0.352 e. The first-order valence-electron chi connectivity index (χ1n) is 11.3. The lowest BCUT2D eigenvalue weighted by molar-refractivity contribution is -0.139. The maximum absolute atomic E-state index is 13.6. The minimum atomic E-state index is -3.94. The molecule has 1 aliphatic carbocycles. The molecule has 12 heteroatoms. The Morgan fingerprint density at radius 2 is 1.72 bits per heavy atom. The van der Waals surface area contributed by atoms with E-state index in [1.54, 1.807) is 25.1 Å².